The molecule has 0 atom stereocenters. The van der Waals surface area contributed by atoms with Crippen molar-refractivity contribution in [2.75, 3.05) is 7.11 Å². The number of allylic oxidation sites excluding steroid dienone is 1. The number of methoxy groups -OCH3 is 1. The minimum Gasteiger partial charge on any atom is -0.497 e. The van der Waals surface area contributed by atoms with Crippen molar-refractivity contribution in [2.24, 2.45) is 0 Å². The number of rotatable bonds is 2. The van der Waals surface area contributed by atoms with Gasteiger partial charge in [0.15, 0.2) is 0 Å². The maximum atomic E-state index is 11.6. The first-order chi connectivity index (χ1) is 8.11. The number of ether oxygens (including phenoxy) is 1. The Hall–Kier alpha value is -1.33. The summed E-state index contributed by atoms with van der Waals surface area (Å²) in [5, 5.41) is 2.61. The molecule has 1 aliphatic heterocycles. The van der Waals surface area contributed by atoms with Gasteiger partial charge in [-0.05, 0) is 30.2 Å². The van der Waals surface area contributed by atoms with Gasteiger partial charge in [-0.1, -0.05) is 36.1 Å². The zero-order valence-corrected chi connectivity index (χ0v) is 11.1. The molecule has 0 aliphatic carbocycles. The van der Waals surface area contributed by atoms with Gasteiger partial charge in [0.25, 0.3) is 5.91 Å². The molecule has 1 saturated heterocycles. The van der Waals surface area contributed by atoms with Gasteiger partial charge in [-0.25, -0.2) is 0 Å². The fourth-order valence-corrected chi connectivity index (χ4v) is 2.63. The van der Waals surface area contributed by atoms with Gasteiger partial charge in [-0.3, -0.25) is 4.79 Å². The summed E-state index contributed by atoms with van der Waals surface area (Å²) >= 11 is 6.26. The second-order valence-electron chi connectivity index (χ2n) is 3.53. The lowest BCUT2D eigenvalue weighted by atomic mass is 10.1. The third-order valence-corrected chi connectivity index (χ3v) is 3.80. The quantitative estimate of drug-likeness (QED) is 0.659. The molecule has 1 aromatic rings. The number of carbonyl (C=O) groups excluding carboxylic acids is 1. The number of carbonyl (C=O) groups is 1. The molecule has 1 aromatic carbocycles. The van der Waals surface area contributed by atoms with Crippen LogP contribution in [0.15, 0.2) is 29.2 Å². The Morgan fingerprint density at radius 3 is 2.82 bits per heavy atom. The molecule has 0 bridgehead atoms. The largest absolute Gasteiger partial charge is 0.497 e. The van der Waals surface area contributed by atoms with Crippen molar-refractivity contribution < 1.29 is 9.53 Å². The molecule has 1 fully saturated rings. The SMILES string of the molecule is COc1cccc(/C(C)=C2/SC(=S)NC2=O)c1. The normalized spacial score (nSPS) is 18.0. The van der Waals surface area contributed by atoms with E-state index >= 15 is 0 Å². The first kappa shape index (κ1) is 12.1. The minimum absolute atomic E-state index is 0.125. The van der Waals surface area contributed by atoms with Crippen molar-refractivity contribution in [1.29, 1.82) is 0 Å². The third-order valence-electron chi connectivity index (χ3n) is 2.46. The predicted molar refractivity (Wildman–Crippen MR) is 73.9 cm³/mol. The van der Waals surface area contributed by atoms with Crippen LogP contribution in [-0.2, 0) is 4.79 Å². The maximum Gasteiger partial charge on any atom is 0.263 e. The van der Waals surface area contributed by atoms with Gasteiger partial charge in [0.05, 0.1) is 12.0 Å². The fourth-order valence-electron chi connectivity index (χ4n) is 1.55. The van der Waals surface area contributed by atoms with E-state index in [1.165, 1.54) is 11.8 Å². The van der Waals surface area contributed by atoms with E-state index in [1.54, 1.807) is 7.11 Å². The van der Waals surface area contributed by atoms with Crippen molar-refractivity contribution in [1.82, 2.24) is 5.32 Å². The Morgan fingerprint density at radius 2 is 2.24 bits per heavy atom. The highest BCUT2D eigenvalue weighted by atomic mass is 32.2. The number of amides is 1. The van der Waals surface area contributed by atoms with Gasteiger partial charge < -0.3 is 10.1 Å². The van der Waals surface area contributed by atoms with E-state index in [0.29, 0.717) is 9.23 Å². The smallest absolute Gasteiger partial charge is 0.263 e. The lowest BCUT2D eigenvalue weighted by Gasteiger charge is -2.06. The number of hydrogen-bond donors (Lipinski definition) is 1. The highest BCUT2D eigenvalue weighted by Crippen LogP contribution is 2.32. The summed E-state index contributed by atoms with van der Waals surface area (Å²) in [6, 6.07) is 7.61. The molecule has 1 aliphatic rings. The Labute approximate surface area is 109 Å². The Kier molecular flexibility index (Phi) is 3.49. The predicted octanol–water partition coefficient (Wildman–Crippen LogP) is 2.57. The maximum absolute atomic E-state index is 11.6. The summed E-state index contributed by atoms with van der Waals surface area (Å²) in [7, 11) is 1.62. The van der Waals surface area contributed by atoms with E-state index in [-0.39, 0.29) is 5.91 Å². The van der Waals surface area contributed by atoms with Crippen LogP contribution < -0.4 is 10.1 Å². The molecule has 3 nitrogen and oxygen atoms in total. The average molecular weight is 265 g/mol. The summed E-state index contributed by atoms with van der Waals surface area (Å²) in [5.41, 5.74) is 1.87. The van der Waals surface area contributed by atoms with Gasteiger partial charge in [0, 0.05) is 0 Å². The molecule has 0 aromatic heterocycles. The topological polar surface area (TPSA) is 38.3 Å². The fraction of sp³-hybridized carbons (Fsp3) is 0.167. The van der Waals surface area contributed by atoms with Crippen LogP contribution in [-0.4, -0.2) is 17.3 Å². The summed E-state index contributed by atoms with van der Waals surface area (Å²) in [5.74, 6) is 0.647. The number of thioether (sulfide) groups is 1. The van der Waals surface area contributed by atoms with Crippen molar-refractivity contribution in [3.05, 3.63) is 34.7 Å². The molecule has 5 heteroatoms. The number of thiocarbonyl (C=S) groups is 1. The molecular formula is C12H11NO2S2. The number of benzene rings is 1. The van der Waals surface area contributed by atoms with Crippen LogP contribution in [0.3, 0.4) is 0 Å². The number of nitrogens with one attached hydrogen (secondary N) is 1. The van der Waals surface area contributed by atoms with Crippen LogP contribution in [0.4, 0.5) is 0 Å². The zero-order valence-electron chi connectivity index (χ0n) is 9.44. The second-order valence-corrected chi connectivity index (χ2v) is 5.22. The van der Waals surface area contributed by atoms with Gasteiger partial charge in [0.1, 0.15) is 10.1 Å². The summed E-state index contributed by atoms with van der Waals surface area (Å²) in [6.07, 6.45) is 0. The molecule has 1 heterocycles. The summed E-state index contributed by atoms with van der Waals surface area (Å²) in [4.78, 5) is 12.3. The van der Waals surface area contributed by atoms with Gasteiger partial charge in [-0.15, -0.1) is 0 Å². The highest BCUT2D eigenvalue weighted by Gasteiger charge is 2.24. The van der Waals surface area contributed by atoms with E-state index in [9.17, 15) is 4.79 Å². The first-order valence-electron chi connectivity index (χ1n) is 5.00. The molecule has 0 saturated carbocycles. The van der Waals surface area contributed by atoms with Gasteiger partial charge >= 0.3 is 0 Å². The molecule has 0 spiro atoms. The molecule has 0 radical (unpaired) electrons. The molecule has 0 unspecified atom stereocenters. The van der Waals surface area contributed by atoms with E-state index < -0.39 is 0 Å². The van der Waals surface area contributed by atoms with E-state index in [1.807, 2.05) is 31.2 Å². The standard InChI is InChI=1S/C12H11NO2S2/c1-7(10-11(14)13-12(16)17-10)8-4-3-5-9(6-8)15-2/h3-6H,1-2H3,(H,13,14,16)/b10-7+. The molecular weight excluding hydrogens is 254 g/mol. The Bertz CT molecular complexity index is 523. The van der Waals surface area contributed by atoms with Crippen LogP contribution in [0.1, 0.15) is 12.5 Å². The lowest BCUT2D eigenvalue weighted by Crippen LogP contribution is -2.18. The third kappa shape index (κ3) is 2.50. The van der Waals surface area contributed by atoms with Crippen LogP contribution >= 0.6 is 24.0 Å². The second kappa shape index (κ2) is 4.89. The highest BCUT2D eigenvalue weighted by molar-refractivity contribution is 8.26. The van der Waals surface area contributed by atoms with Gasteiger partial charge in [0.2, 0.25) is 0 Å². The van der Waals surface area contributed by atoms with Crippen molar-refractivity contribution in [3.63, 3.8) is 0 Å². The average Bonchev–Trinajstić information content (AvgIpc) is 2.67. The summed E-state index contributed by atoms with van der Waals surface area (Å²) in [6.45, 7) is 1.91. The van der Waals surface area contributed by atoms with E-state index in [2.05, 4.69) is 5.32 Å². The van der Waals surface area contributed by atoms with E-state index in [0.717, 1.165) is 16.9 Å². The molecule has 2 rings (SSSR count). The summed E-state index contributed by atoms with van der Waals surface area (Å²) < 4.78 is 5.67. The minimum atomic E-state index is -0.125. The van der Waals surface area contributed by atoms with Crippen LogP contribution in [0, 0.1) is 0 Å². The first-order valence-corrected chi connectivity index (χ1v) is 6.22. The molecule has 1 amide bonds. The van der Waals surface area contributed by atoms with Crippen LogP contribution in [0.2, 0.25) is 0 Å². The van der Waals surface area contributed by atoms with Crippen LogP contribution in [0.5, 0.6) is 5.75 Å². The van der Waals surface area contributed by atoms with Crippen molar-refractivity contribution in [3.8, 4) is 5.75 Å². The number of hydrogen-bond acceptors (Lipinski definition) is 4. The van der Waals surface area contributed by atoms with Crippen LogP contribution in [0.25, 0.3) is 5.57 Å². The molecule has 88 valence electrons. The van der Waals surface area contributed by atoms with Gasteiger partial charge in [-0.2, -0.15) is 0 Å². The van der Waals surface area contributed by atoms with Crippen molar-refractivity contribution in [2.45, 2.75) is 6.92 Å². The Morgan fingerprint density at radius 1 is 1.47 bits per heavy atom. The van der Waals surface area contributed by atoms with Crippen molar-refractivity contribution >= 4 is 39.8 Å². The Balaban J connectivity index is 2.42. The lowest BCUT2D eigenvalue weighted by molar-refractivity contribution is -0.115. The monoisotopic (exact) mass is 265 g/mol. The molecule has 1 N–H and O–H groups in total. The zero-order chi connectivity index (χ0) is 12.4. The van der Waals surface area contributed by atoms with E-state index in [4.69, 9.17) is 17.0 Å². The molecule has 17 heavy (non-hydrogen) atoms.